The van der Waals surface area contributed by atoms with E-state index in [1.165, 1.54) is 12.1 Å². The Kier molecular flexibility index (Phi) is 11.8. The van der Waals surface area contributed by atoms with Crippen LogP contribution in [-0.2, 0) is 18.9 Å². The predicted molar refractivity (Wildman–Crippen MR) is 145 cm³/mol. The van der Waals surface area contributed by atoms with Crippen molar-refractivity contribution in [3.8, 4) is 11.5 Å². The number of rotatable bonds is 13. The minimum atomic E-state index is -1.74. The molecule has 2 aromatic carbocycles. The van der Waals surface area contributed by atoms with Gasteiger partial charge in [0, 0.05) is 18.2 Å². The van der Waals surface area contributed by atoms with Gasteiger partial charge in [-0.3, -0.25) is 4.79 Å². The highest BCUT2D eigenvalue weighted by Crippen LogP contribution is 2.30. The maximum atomic E-state index is 12.6. The normalized spacial score (nSPS) is 32.8. The molecule has 2 aliphatic heterocycles. The van der Waals surface area contributed by atoms with Crippen LogP contribution >= 0.6 is 0 Å². The number of carbonyl (C=O) groups is 1. The van der Waals surface area contributed by atoms with E-state index in [4.69, 9.17) is 23.7 Å². The van der Waals surface area contributed by atoms with Gasteiger partial charge < -0.3 is 64.5 Å². The van der Waals surface area contributed by atoms with E-state index >= 15 is 0 Å². The number of ether oxygens (including phenoxy) is 5. The van der Waals surface area contributed by atoms with Crippen molar-refractivity contribution in [1.82, 2.24) is 0 Å². The Morgan fingerprint density at radius 2 is 1.44 bits per heavy atom. The lowest BCUT2D eigenvalue weighted by atomic mass is 9.93. The van der Waals surface area contributed by atoms with Gasteiger partial charge in [-0.25, -0.2) is 0 Å². The van der Waals surface area contributed by atoms with Crippen molar-refractivity contribution in [1.29, 1.82) is 0 Å². The maximum absolute atomic E-state index is 12.6. The van der Waals surface area contributed by atoms with E-state index in [1.54, 1.807) is 36.4 Å². The van der Waals surface area contributed by atoms with Gasteiger partial charge in [0.15, 0.2) is 12.1 Å². The Morgan fingerprint density at radius 3 is 2.12 bits per heavy atom. The summed E-state index contributed by atoms with van der Waals surface area (Å²) < 4.78 is 27.6. The van der Waals surface area contributed by atoms with Gasteiger partial charge in [0.2, 0.25) is 0 Å². The molecule has 43 heavy (non-hydrogen) atoms. The van der Waals surface area contributed by atoms with Gasteiger partial charge in [0.05, 0.1) is 31.5 Å². The highest BCUT2D eigenvalue weighted by atomic mass is 16.7. The lowest BCUT2D eigenvalue weighted by molar-refractivity contribution is -0.342. The second-order valence-corrected chi connectivity index (χ2v) is 10.3. The minimum Gasteiger partial charge on any atom is -0.507 e. The summed E-state index contributed by atoms with van der Waals surface area (Å²) in [6.07, 6.45) is -14.3. The van der Waals surface area contributed by atoms with Crippen LogP contribution in [0.15, 0.2) is 48.5 Å². The Morgan fingerprint density at radius 1 is 0.744 bits per heavy atom. The number of ketones is 1. The summed E-state index contributed by atoms with van der Waals surface area (Å²) in [5, 5.41) is 80.9. The van der Waals surface area contributed by atoms with Crippen LogP contribution in [0.25, 0.3) is 0 Å². The molecule has 14 heteroatoms. The van der Waals surface area contributed by atoms with Gasteiger partial charge >= 0.3 is 0 Å². The molecule has 0 saturated carbocycles. The number of phenolic OH excluding ortho intramolecular Hbond substituents is 1. The molecule has 2 fully saturated rings. The summed E-state index contributed by atoms with van der Waals surface area (Å²) in [6.45, 7) is -0.985. The van der Waals surface area contributed by atoms with Crippen LogP contribution in [0.3, 0.4) is 0 Å². The summed E-state index contributed by atoms with van der Waals surface area (Å²) >= 11 is 0. The first-order valence-electron chi connectivity index (χ1n) is 13.9. The maximum Gasteiger partial charge on any atom is 0.196 e. The summed E-state index contributed by atoms with van der Waals surface area (Å²) in [6, 6.07) is 12.9. The van der Waals surface area contributed by atoms with E-state index in [-0.39, 0.29) is 43.3 Å². The summed E-state index contributed by atoms with van der Waals surface area (Å²) in [4.78, 5) is 12.6. The number of aliphatic hydroxyl groups excluding tert-OH is 7. The van der Waals surface area contributed by atoms with Gasteiger partial charge in [-0.1, -0.05) is 30.3 Å². The van der Waals surface area contributed by atoms with Crippen molar-refractivity contribution in [2.45, 2.75) is 67.6 Å². The zero-order valence-electron chi connectivity index (χ0n) is 23.2. The van der Waals surface area contributed by atoms with Crippen molar-refractivity contribution in [2.24, 2.45) is 0 Å². The second-order valence-electron chi connectivity index (χ2n) is 10.3. The molecule has 238 valence electrons. The number of hydrogen-bond acceptors (Lipinski definition) is 14. The molecule has 4 rings (SSSR count). The lowest BCUT2D eigenvalue weighted by Crippen LogP contribution is -2.64. The van der Waals surface area contributed by atoms with E-state index in [1.807, 2.05) is 0 Å². The van der Waals surface area contributed by atoms with Crippen LogP contribution in [0.5, 0.6) is 11.5 Å². The molecule has 0 unspecified atom stereocenters. The Hall–Kier alpha value is -2.73. The average Bonchev–Trinajstić information content (AvgIpc) is 3.02. The number of aromatic hydroxyl groups is 1. The fourth-order valence-corrected chi connectivity index (χ4v) is 4.96. The average molecular weight is 611 g/mol. The van der Waals surface area contributed by atoms with Crippen LogP contribution in [0.2, 0.25) is 0 Å². The Bertz CT molecular complexity index is 1160. The van der Waals surface area contributed by atoms with Crippen LogP contribution in [0.1, 0.15) is 22.3 Å². The highest BCUT2D eigenvalue weighted by molar-refractivity contribution is 6.10. The third-order valence-corrected chi connectivity index (χ3v) is 7.40. The molecule has 0 aromatic heterocycles. The van der Waals surface area contributed by atoms with E-state index in [0.29, 0.717) is 11.3 Å². The molecule has 14 nitrogen and oxygen atoms in total. The Balaban J connectivity index is 1.21. The fraction of sp³-hybridized carbons (Fsp3) is 0.552. The van der Waals surface area contributed by atoms with E-state index < -0.39 is 74.4 Å². The topological polar surface area (TPSA) is 225 Å². The molecule has 0 bridgehead atoms. The molecule has 0 aliphatic carbocycles. The predicted octanol–water partition coefficient (Wildman–Crippen LogP) is -1.92. The molecule has 2 aliphatic rings. The minimum absolute atomic E-state index is 0.0873. The van der Waals surface area contributed by atoms with Crippen molar-refractivity contribution in [3.05, 3.63) is 59.7 Å². The molecule has 0 spiro atoms. The van der Waals surface area contributed by atoms with Crippen molar-refractivity contribution in [3.63, 3.8) is 0 Å². The van der Waals surface area contributed by atoms with Crippen LogP contribution in [0, 0.1) is 0 Å². The molecule has 0 radical (unpaired) electrons. The molecular weight excluding hydrogens is 572 g/mol. The van der Waals surface area contributed by atoms with Crippen molar-refractivity contribution < 1.29 is 69.3 Å². The highest BCUT2D eigenvalue weighted by Gasteiger charge is 2.50. The van der Waals surface area contributed by atoms with Crippen LogP contribution in [0.4, 0.5) is 0 Å². The van der Waals surface area contributed by atoms with Gasteiger partial charge in [-0.05, 0) is 18.6 Å². The number of aliphatic hydroxyl groups is 7. The number of hydrogen-bond donors (Lipinski definition) is 8. The SMILES string of the molecule is O=C(c1ccccc1)c1ccc(OCCOCC[C@@H]2O[C@@H](CO)[C@H](O[C@@H]3O[C@@H](CO)[C@H](O)[C@@H](O)[C@@H]3O)[C@@H](O)[C@@H]2O)cc1O. The van der Waals surface area contributed by atoms with Crippen molar-refractivity contribution >= 4 is 5.78 Å². The zero-order valence-corrected chi connectivity index (χ0v) is 23.2. The first-order valence-corrected chi connectivity index (χ1v) is 13.9. The molecular formula is C29H38O14. The molecule has 0 amide bonds. The van der Waals surface area contributed by atoms with Gasteiger partial charge in [-0.15, -0.1) is 0 Å². The monoisotopic (exact) mass is 610 g/mol. The smallest absolute Gasteiger partial charge is 0.196 e. The van der Waals surface area contributed by atoms with E-state index in [2.05, 4.69) is 0 Å². The van der Waals surface area contributed by atoms with Crippen LogP contribution < -0.4 is 4.74 Å². The standard InChI is InChI=1S/C29H38O14/c30-13-20-24(35)25(36)27(38)29(42-20)43-28-21(14-31)41-19(23(34)26(28)37)8-9-39-10-11-40-16-6-7-17(18(32)12-16)22(33)15-4-2-1-3-5-15/h1-7,12,19-21,23-32,34-38H,8-11,13-14H2/t19-,20-,21-,23+,24-,25+,26-,27-,28-,29-/m0/s1. The van der Waals surface area contributed by atoms with Gasteiger partial charge in [0.25, 0.3) is 0 Å². The first kappa shape index (κ1) is 33.2. The molecule has 8 N–H and O–H groups in total. The summed E-state index contributed by atoms with van der Waals surface area (Å²) in [5.41, 5.74) is 0.589. The third-order valence-electron chi connectivity index (χ3n) is 7.40. The molecule has 10 atom stereocenters. The Labute approximate surface area is 247 Å². The van der Waals surface area contributed by atoms with Gasteiger partial charge in [0.1, 0.15) is 66.9 Å². The first-order chi connectivity index (χ1) is 20.7. The fourth-order valence-electron chi connectivity index (χ4n) is 4.96. The van der Waals surface area contributed by atoms with Gasteiger partial charge in [-0.2, -0.15) is 0 Å². The molecule has 2 heterocycles. The number of benzene rings is 2. The second kappa shape index (κ2) is 15.3. The van der Waals surface area contributed by atoms with E-state index in [9.17, 15) is 45.6 Å². The van der Waals surface area contributed by atoms with E-state index in [0.717, 1.165) is 0 Å². The zero-order chi connectivity index (χ0) is 31.1. The summed E-state index contributed by atoms with van der Waals surface area (Å²) in [7, 11) is 0. The third kappa shape index (κ3) is 7.87. The molecule has 2 saturated heterocycles. The number of carbonyl (C=O) groups excluding carboxylic acids is 1. The van der Waals surface area contributed by atoms with Crippen molar-refractivity contribution in [2.75, 3.05) is 33.0 Å². The largest absolute Gasteiger partial charge is 0.507 e. The quantitative estimate of drug-likeness (QED) is 0.0914. The lowest BCUT2D eigenvalue weighted by Gasteiger charge is -2.46. The molecule has 2 aromatic rings. The number of phenols is 1. The van der Waals surface area contributed by atoms with Crippen LogP contribution in [-0.4, -0.2) is 141 Å². The summed E-state index contributed by atoms with van der Waals surface area (Å²) in [5.74, 6) is -0.210.